The number of carbonyl (C=O) groups is 1. The zero-order valence-electron chi connectivity index (χ0n) is 31.3. The predicted molar refractivity (Wildman–Crippen MR) is 204 cm³/mol. The van der Waals surface area contributed by atoms with Gasteiger partial charge in [0.2, 0.25) is 11.7 Å². The first-order valence-corrected chi connectivity index (χ1v) is 20.0. The third kappa shape index (κ3) is 8.25. The molecule has 286 valence electrons. The topological polar surface area (TPSA) is 125 Å². The molecule has 0 bridgehead atoms. The number of amides is 1. The highest BCUT2D eigenvalue weighted by Crippen LogP contribution is 2.46. The van der Waals surface area contributed by atoms with Crippen molar-refractivity contribution in [3.63, 3.8) is 0 Å². The summed E-state index contributed by atoms with van der Waals surface area (Å²) in [6, 6.07) is 21.2. The molecule has 1 aromatic heterocycles. The fourth-order valence-corrected chi connectivity index (χ4v) is 8.39. The van der Waals surface area contributed by atoms with Crippen molar-refractivity contribution < 1.29 is 36.3 Å². The molecule has 3 heterocycles. The van der Waals surface area contributed by atoms with E-state index in [0.717, 1.165) is 67.9 Å². The lowest BCUT2D eigenvalue weighted by molar-refractivity contribution is 0.0145. The Hall–Kier alpha value is -4.37. The molecule has 0 aliphatic carbocycles. The van der Waals surface area contributed by atoms with Crippen LogP contribution in [0.4, 0.5) is 5.95 Å². The second kappa shape index (κ2) is 16.8. The summed E-state index contributed by atoms with van der Waals surface area (Å²) in [5.74, 6) is 1.56. The predicted octanol–water partition coefficient (Wildman–Crippen LogP) is 4.79. The summed E-state index contributed by atoms with van der Waals surface area (Å²) in [5, 5.41) is 0. The van der Waals surface area contributed by atoms with Gasteiger partial charge in [0.15, 0.2) is 17.7 Å². The van der Waals surface area contributed by atoms with Gasteiger partial charge in [-0.05, 0) is 69.1 Å². The molecule has 2 fully saturated rings. The molecular weight excluding hydrogens is 699 g/mol. The number of imidazole rings is 1. The van der Waals surface area contributed by atoms with Gasteiger partial charge in [-0.25, -0.2) is 9.17 Å². The highest BCUT2D eigenvalue weighted by molar-refractivity contribution is 7.86. The highest BCUT2D eigenvalue weighted by Gasteiger charge is 2.53. The minimum absolute atomic E-state index is 0.269. The number of ether oxygens (including phenoxy) is 4. The zero-order chi connectivity index (χ0) is 37.6. The average Bonchev–Trinajstić information content (AvgIpc) is 3.61. The van der Waals surface area contributed by atoms with Gasteiger partial charge < -0.3 is 38.2 Å². The smallest absolute Gasteiger partial charge is 0.266 e. The van der Waals surface area contributed by atoms with Crippen LogP contribution < -0.4 is 19.1 Å². The molecule has 14 heteroatoms. The van der Waals surface area contributed by atoms with E-state index in [4.69, 9.17) is 28.1 Å². The van der Waals surface area contributed by atoms with Crippen molar-refractivity contribution in [2.75, 3.05) is 85.0 Å². The minimum atomic E-state index is -3.98. The minimum Gasteiger partial charge on any atom is -0.493 e. The normalized spacial score (nSPS) is 19.8. The summed E-state index contributed by atoms with van der Waals surface area (Å²) in [6.07, 6.45) is 1.97. The van der Waals surface area contributed by atoms with E-state index in [0.29, 0.717) is 49.8 Å². The molecule has 2 saturated heterocycles. The summed E-state index contributed by atoms with van der Waals surface area (Å²) < 4.78 is 56.3. The third-order valence-corrected chi connectivity index (χ3v) is 10.9. The number of carbonyl (C=O) groups excluding carboxylic acids is 1. The van der Waals surface area contributed by atoms with E-state index < -0.39 is 27.7 Å². The number of hydrogen-bond acceptors (Lipinski definition) is 11. The van der Waals surface area contributed by atoms with Gasteiger partial charge >= 0.3 is 0 Å². The average molecular weight is 750 g/mol. The van der Waals surface area contributed by atoms with Gasteiger partial charge in [0.05, 0.1) is 45.2 Å². The van der Waals surface area contributed by atoms with E-state index in [2.05, 4.69) is 26.5 Å². The highest BCUT2D eigenvalue weighted by atomic mass is 32.2. The second-order valence-corrected chi connectivity index (χ2v) is 15.1. The molecule has 4 aromatic rings. The van der Waals surface area contributed by atoms with Crippen molar-refractivity contribution in [2.24, 2.45) is 0 Å². The van der Waals surface area contributed by atoms with Crippen molar-refractivity contribution in [2.45, 2.75) is 44.4 Å². The number of anilines is 1. The number of para-hydroxylation sites is 2. The third-order valence-electron chi connectivity index (χ3n) is 10.4. The monoisotopic (exact) mass is 749 g/mol. The Balaban J connectivity index is 1.27. The number of rotatable bonds is 15. The number of hydrogen-bond donors (Lipinski definition) is 0. The Bertz CT molecular complexity index is 1950. The molecular formula is C39H51N5O8S. The van der Waals surface area contributed by atoms with Crippen molar-refractivity contribution in [3.05, 3.63) is 77.9 Å². The van der Waals surface area contributed by atoms with Crippen LogP contribution in [0.5, 0.6) is 17.2 Å². The summed E-state index contributed by atoms with van der Waals surface area (Å²) in [5.41, 5.74) is 2.45. The van der Waals surface area contributed by atoms with Gasteiger partial charge in [0.25, 0.3) is 16.0 Å². The number of aromatic nitrogens is 2. The van der Waals surface area contributed by atoms with E-state index in [-0.39, 0.29) is 12.1 Å². The van der Waals surface area contributed by atoms with Crippen LogP contribution >= 0.6 is 0 Å². The van der Waals surface area contributed by atoms with Crippen LogP contribution in [-0.2, 0) is 31.0 Å². The molecule has 3 aromatic carbocycles. The molecule has 0 saturated carbocycles. The number of benzene rings is 3. The lowest BCUT2D eigenvalue weighted by Gasteiger charge is -2.39. The lowest BCUT2D eigenvalue weighted by atomic mass is 9.75. The Kier molecular flexibility index (Phi) is 12.1. The van der Waals surface area contributed by atoms with Crippen LogP contribution in [0.1, 0.15) is 42.1 Å². The molecule has 13 nitrogen and oxygen atoms in total. The standard InChI is InChI=1S/C39H51N5O8S/c1-6-51-26-25-43-32-16-11-10-15-31(32)40-38(43)42-20-12-19-41(23-24-42)21-17-39(30-13-8-7-9-14-30)18-22-44(37(39)52-53(5,46)47)36(45)29-27-33(48-2)35(50-4)34(28-29)49-3/h7-11,13-16,27-28,37H,6,12,17-26H2,1-5H3. The zero-order valence-corrected chi connectivity index (χ0v) is 32.1. The van der Waals surface area contributed by atoms with Crippen molar-refractivity contribution in [3.8, 4) is 17.2 Å². The van der Waals surface area contributed by atoms with E-state index >= 15 is 0 Å². The number of nitrogens with zero attached hydrogens (tertiary/aromatic N) is 5. The molecule has 2 aliphatic rings. The van der Waals surface area contributed by atoms with Crippen molar-refractivity contribution in [1.82, 2.24) is 19.4 Å². The quantitative estimate of drug-likeness (QED) is 0.123. The second-order valence-electron chi connectivity index (χ2n) is 13.5. The van der Waals surface area contributed by atoms with Gasteiger partial charge in [-0.1, -0.05) is 42.5 Å². The maximum absolute atomic E-state index is 14.4. The summed E-state index contributed by atoms with van der Waals surface area (Å²) >= 11 is 0. The first kappa shape index (κ1) is 38.4. The fourth-order valence-electron chi connectivity index (χ4n) is 7.77. The molecule has 2 unspecified atom stereocenters. The molecule has 0 N–H and O–H groups in total. The molecule has 0 radical (unpaired) electrons. The van der Waals surface area contributed by atoms with E-state index in [1.807, 2.05) is 49.4 Å². The first-order valence-electron chi connectivity index (χ1n) is 18.2. The van der Waals surface area contributed by atoms with Crippen LogP contribution in [0.2, 0.25) is 0 Å². The maximum atomic E-state index is 14.4. The van der Waals surface area contributed by atoms with Gasteiger partial charge in [-0.15, -0.1) is 0 Å². The lowest BCUT2D eigenvalue weighted by Crippen LogP contribution is -2.49. The van der Waals surface area contributed by atoms with Gasteiger partial charge in [0, 0.05) is 50.3 Å². The molecule has 2 atom stereocenters. The van der Waals surface area contributed by atoms with E-state index in [9.17, 15) is 13.2 Å². The van der Waals surface area contributed by atoms with Crippen molar-refractivity contribution in [1.29, 1.82) is 0 Å². The van der Waals surface area contributed by atoms with Gasteiger partial charge in [0.1, 0.15) is 0 Å². The van der Waals surface area contributed by atoms with Crippen LogP contribution in [0.25, 0.3) is 11.0 Å². The Morgan fingerprint density at radius 2 is 1.60 bits per heavy atom. The molecule has 53 heavy (non-hydrogen) atoms. The summed E-state index contributed by atoms with van der Waals surface area (Å²) in [4.78, 5) is 25.7. The van der Waals surface area contributed by atoms with E-state index in [1.54, 1.807) is 12.1 Å². The fraction of sp³-hybridized carbons (Fsp3) is 0.487. The maximum Gasteiger partial charge on any atom is 0.266 e. The van der Waals surface area contributed by atoms with E-state index in [1.165, 1.54) is 26.2 Å². The van der Waals surface area contributed by atoms with Gasteiger partial charge in [-0.3, -0.25) is 4.79 Å². The number of fused-ring (bicyclic) bond motifs is 1. The SMILES string of the molecule is CCOCCn1c(N2CCCN(CCC3(c4ccccc4)CCN(C(=O)c4cc(OC)c(OC)c(OC)c4)C3OS(C)(=O)=O)CC2)nc2ccccc21. The summed E-state index contributed by atoms with van der Waals surface area (Å²) in [6.45, 7) is 8.27. The molecule has 6 rings (SSSR count). The molecule has 2 aliphatic heterocycles. The van der Waals surface area contributed by atoms with Crippen LogP contribution in [0.15, 0.2) is 66.7 Å². The summed E-state index contributed by atoms with van der Waals surface area (Å²) in [7, 11) is 0.480. The van der Waals surface area contributed by atoms with Crippen molar-refractivity contribution >= 4 is 33.0 Å². The Labute approximate surface area is 312 Å². The number of likely N-dealkylation sites (tertiary alicyclic amines) is 1. The largest absolute Gasteiger partial charge is 0.493 e. The Morgan fingerprint density at radius 1 is 0.887 bits per heavy atom. The molecule has 0 spiro atoms. The van der Waals surface area contributed by atoms with Gasteiger partial charge in [-0.2, -0.15) is 8.42 Å². The first-order chi connectivity index (χ1) is 25.6. The van der Waals surface area contributed by atoms with Crippen LogP contribution in [-0.4, -0.2) is 120 Å². The molecule has 1 amide bonds. The van der Waals surface area contributed by atoms with Crippen LogP contribution in [0.3, 0.4) is 0 Å². The van der Waals surface area contributed by atoms with Crippen LogP contribution in [0, 0.1) is 0 Å². The number of methoxy groups -OCH3 is 3. The Morgan fingerprint density at radius 3 is 2.28 bits per heavy atom.